The standard InChI is InChI=1S/C12H16NO3/c1-13(2,3)12(14)16-10-6-4-5-9-7-8-15-11(9)10/h4-6H,7-8H2,1-3H3/q+1. The van der Waals surface area contributed by atoms with Crippen LogP contribution in [0.4, 0.5) is 4.79 Å². The lowest BCUT2D eigenvalue weighted by Crippen LogP contribution is -2.43. The van der Waals surface area contributed by atoms with Crippen LogP contribution in [0, 0.1) is 0 Å². The van der Waals surface area contributed by atoms with Crippen molar-refractivity contribution in [3.05, 3.63) is 23.8 Å². The van der Waals surface area contributed by atoms with Crippen molar-refractivity contribution in [3.8, 4) is 11.5 Å². The highest BCUT2D eigenvalue weighted by Crippen LogP contribution is 2.35. The summed E-state index contributed by atoms with van der Waals surface area (Å²) in [7, 11) is 5.31. The Hall–Kier alpha value is -1.55. The fourth-order valence-corrected chi connectivity index (χ4v) is 1.50. The molecule has 4 nitrogen and oxygen atoms in total. The van der Waals surface area contributed by atoms with Crippen LogP contribution >= 0.6 is 0 Å². The van der Waals surface area contributed by atoms with Crippen molar-refractivity contribution in [2.75, 3.05) is 27.7 Å². The van der Waals surface area contributed by atoms with E-state index in [0.29, 0.717) is 18.1 Å². The molecule has 0 spiro atoms. The van der Waals surface area contributed by atoms with Gasteiger partial charge in [-0.1, -0.05) is 12.1 Å². The summed E-state index contributed by atoms with van der Waals surface area (Å²) < 4.78 is 10.9. The lowest BCUT2D eigenvalue weighted by Gasteiger charge is -2.19. The maximum Gasteiger partial charge on any atom is 0.520 e. The predicted molar refractivity (Wildman–Crippen MR) is 59.7 cm³/mol. The van der Waals surface area contributed by atoms with Crippen molar-refractivity contribution in [1.29, 1.82) is 0 Å². The Kier molecular flexibility index (Phi) is 2.59. The molecule has 0 saturated carbocycles. The average Bonchev–Trinajstić information content (AvgIpc) is 2.65. The molecule has 0 aromatic heterocycles. The number of nitrogens with zero attached hydrogens (tertiary/aromatic N) is 1. The average molecular weight is 222 g/mol. The molecule has 0 atom stereocenters. The fourth-order valence-electron chi connectivity index (χ4n) is 1.50. The number of carbonyl (C=O) groups is 1. The van der Waals surface area contributed by atoms with E-state index in [9.17, 15) is 4.79 Å². The quantitative estimate of drug-likeness (QED) is 0.680. The Morgan fingerprint density at radius 2 is 2.12 bits per heavy atom. The first-order chi connectivity index (χ1) is 7.48. The third-order valence-electron chi connectivity index (χ3n) is 2.42. The molecular formula is C12H16NO3+. The molecule has 0 fully saturated rings. The molecule has 0 saturated heterocycles. The number of benzene rings is 1. The largest absolute Gasteiger partial charge is 0.520 e. The third kappa shape index (κ3) is 2.02. The second kappa shape index (κ2) is 3.79. The van der Waals surface area contributed by atoms with Crippen molar-refractivity contribution in [1.82, 2.24) is 0 Å². The smallest absolute Gasteiger partial charge is 0.489 e. The minimum Gasteiger partial charge on any atom is -0.489 e. The van der Waals surface area contributed by atoms with Gasteiger partial charge >= 0.3 is 6.09 Å². The van der Waals surface area contributed by atoms with E-state index in [0.717, 1.165) is 12.0 Å². The van der Waals surface area contributed by atoms with Gasteiger partial charge in [0, 0.05) is 12.0 Å². The van der Waals surface area contributed by atoms with E-state index in [4.69, 9.17) is 9.47 Å². The molecule has 2 rings (SSSR count). The van der Waals surface area contributed by atoms with Crippen LogP contribution in [-0.2, 0) is 6.42 Å². The molecule has 0 N–H and O–H groups in total. The Labute approximate surface area is 95.0 Å². The highest BCUT2D eigenvalue weighted by molar-refractivity contribution is 5.65. The van der Waals surface area contributed by atoms with Gasteiger partial charge in [0.2, 0.25) is 0 Å². The minimum atomic E-state index is -0.302. The summed E-state index contributed by atoms with van der Waals surface area (Å²) in [5, 5.41) is 0. The predicted octanol–water partition coefficient (Wildman–Crippen LogP) is 1.83. The Morgan fingerprint density at radius 3 is 2.81 bits per heavy atom. The molecule has 1 aliphatic rings. The topological polar surface area (TPSA) is 35.5 Å². The molecule has 1 amide bonds. The van der Waals surface area contributed by atoms with Gasteiger partial charge in [0.25, 0.3) is 0 Å². The molecule has 0 bridgehead atoms. The van der Waals surface area contributed by atoms with E-state index < -0.39 is 0 Å². The second-order valence-electron chi connectivity index (χ2n) is 4.72. The second-order valence-corrected chi connectivity index (χ2v) is 4.72. The zero-order chi connectivity index (χ0) is 11.8. The first-order valence-corrected chi connectivity index (χ1v) is 5.27. The van der Waals surface area contributed by atoms with Crippen molar-refractivity contribution < 1.29 is 18.8 Å². The number of amides is 1. The maximum absolute atomic E-state index is 11.7. The van der Waals surface area contributed by atoms with Gasteiger partial charge in [-0.3, -0.25) is 0 Å². The molecule has 0 radical (unpaired) electrons. The van der Waals surface area contributed by atoms with Crippen LogP contribution < -0.4 is 9.47 Å². The molecule has 1 aromatic rings. The van der Waals surface area contributed by atoms with E-state index in [2.05, 4.69) is 0 Å². The molecule has 0 aliphatic carbocycles. The number of fused-ring (bicyclic) bond motifs is 1. The van der Waals surface area contributed by atoms with Gasteiger partial charge in [-0.05, 0) is 6.07 Å². The van der Waals surface area contributed by atoms with E-state index in [-0.39, 0.29) is 10.6 Å². The number of rotatable bonds is 1. The summed E-state index contributed by atoms with van der Waals surface area (Å²) in [6.07, 6.45) is 0.578. The van der Waals surface area contributed by atoms with Gasteiger partial charge in [0.05, 0.1) is 27.7 Å². The van der Waals surface area contributed by atoms with Crippen LogP contribution in [0.25, 0.3) is 0 Å². The minimum absolute atomic E-state index is 0.129. The van der Waals surface area contributed by atoms with Crippen LogP contribution in [0.2, 0.25) is 0 Å². The Bertz CT molecular complexity index is 421. The van der Waals surface area contributed by atoms with E-state index in [1.165, 1.54) is 0 Å². The number of quaternary nitrogens is 1. The Balaban J connectivity index is 2.23. The van der Waals surface area contributed by atoms with Gasteiger partial charge in [-0.2, -0.15) is 4.79 Å². The number of para-hydroxylation sites is 1. The monoisotopic (exact) mass is 222 g/mol. The van der Waals surface area contributed by atoms with E-state index >= 15 is 0 Å². The lowest BCUT2D eigenvalue weighted by atomic mass is 10.1. The normalized spacial score (nSPS) is 14.2. The zero-order valence-corrected chi connectivity index (χ0v) is 9.82. The molecule has 1 aliphatic heterocycles. The molecule has 86 valence electrons. The van der Waals surface area contributed by atoms with Gasteiger partial charge in [-0.25, -0.2) is 4.48 Å². The maximum atomic E-state index is 11.7. The molecule has 1 heterocycles. The number of carbonyl (C=O) groups excluding carboxylic acids is 1. The van der Waals surface area contributed by atoms with Crippen molar-refractivity contribution in [2.24, 2.45) is 0 Å². The van der Waals surface area contributed by atoms with Crippen molar-refractivity contribution >= 4 is 6.09 Å². The molecule has 4 heteroatoms. The fraction of sp³-hybridized carbons (Fsp3) is 0.417. The molecular weight excluding hydrogens is 206 g/mol. The summed E-state index contributed by atoms with van der Waals surface area (Å²) in [5.41, 5.74) is 1.10. The van der Waals surface area contributed by atoms with Gasteiger partial charge in [-0.15, -0.1) is 0 Å². The summed E-state index contributed by atoms with van der Waals surface area (Å²) in [4.78, 5) is 11.7. The van der Waals surface area contributed by atoms with Crippen LogP contribution in [0.15, 0.2) is 18.2 Å². The summed E-state index contributed by atoms with van der Waals surface area (Å²) >= 11 is 0. The SMILES string of the molecule is C[N+](C)(C)C(=O)Oc1cccc2c1OCC2. The van der Waals surface area contributed by atoms with E-state index in [1.807, 2.05) is 12.1 Å². The number of hydrogen-bond acceptors (Lipinski definition) is 3. The highest BCUT2D eigenvalue weighted by Gasteiger charge is 2.26. The van der Waals surface area contributed by atoms with Gasteiger partial charge in [0.1, 0.15) is 0 Å². The van der Waals surface area contributed by atoms with Gasteiger partial charge in [0.15, 0.2) is 11.5 Å². The summed E-state index contributed by atoms with van der Waals surface area (Å²) in [6, 6.07) is 5.63. The molecule has 1 aromatic carbocycles. The Morgan fingerprint density at radius 1 is 1.38 bits per heavy atom. The molecule has 16 heavy (non-hydrogen) atoms. The number of hydrogen-bond donors (Lipinski definition) is 0. The van der Waals surface area contributed by atoms with Crippen LogP contribution in [0.5, 0.6) is 11.5 Å². The zero-order valence-electron chi connectivity index (χ0n) is 9.82. The van der Waals surface area contributed by atoms with Crippen LogP contribution in [0.1, 0.15) is 5.56 Å². The van der Waals surface area contributed by atoms with Crippen molar-refractivity contribution in [2.45, 2.75) is 6.42 Å². The molecule has 0 unspecified atom stereocenters. The first kappa shape index (κ1) is 11.0. The summed E-state index contributed by atoms with van der Waals surface area (Å²) in [6.45, 7) is 0.661. The van der Waals surface area contributed by atoms with Crippen LogP contribution in [0.3, 0.4) is 0 Å². The lowest BCUT2D eigenvalue weighted by molar-refractivity contribution is -0.793. The third-order valence-corrected chi connectivity index (χ3v) is 2.42. The number of ether oxygens (including phenoxy) is 2. The van der Waals surface area contributed by atoms with Crippen LogP contribution in [-0.4, -0.2) is 38.3 Å². The van der Waals surface area contributed by atoms with Gasteiger partial charge < -0.3 is 9.47 Å². The first-order valence-electron chi connectivity index (χ1n) is 5.27. The van der Waals surface area contributed by atoms with Crippen molar-refractivity contribution in [3.63, 3.8) is 0 Å². The van der Waals surface area contributed by atoms with E-state index in [1.54, 1.807) is 27.2 Å². The highest BCUT2D eigenvalue weighted by atomic mass is 16.6. The summed E-state index contributed by atoms with van der Waals surface area (Å²) in [5.74, 6) is 1.23.